The van der Waals surface area contributed by atoms with Gasteiger partial charge in [0, 0.05) is 5.56 Å². The van der Waals surface area contributed by atoms with Crippen molar-refractivity contribution in [2.45, 2.75) is 0 Å². The number of hydrogen-bond donors (Lipinski definition) is 0. The van der Waals surface area contributed by atoms with E-state index in [1.54, 1.807) is 6.08 Å². The summed E-state index contributed by atoms with van der Waals surface area (Å²) in [4.78, 5) is 0. The zero-order chi connectivity index (χ0) is 12.8. The lowest BCUT2D eigenvalue weighted by Crippen LogP contribution is -1.85. The largest absolute Gasteiger partial charge is 0.206 e. The lowest BCUT2D eigenvalue weighted by atomic mass is 9.94. The van der Waals surface area contributed by atoms with Crippen LogP contribution >= 0.6 is 0 Å². The monoisotopic (exact) mass is 246 g/mol. The summed E-state index contributed by atoms with van der Waals surface area (Å²) in [5.74, 6) is -0.164. The second-order valence-corrected chi connectivity index (χ2v) is 4.79. The van der Waals surface area contributed by atoms with Gasteiger partial charge < -0.3 is 0 Å². The molecule has 1 aliphatic carbocycles. The predicted molar refractivity (Wildman–Crippen MR) is 78.4 cm³/mol. The van der Waals surface area contributed by atoms with Gasteiger partial charge in [-0.25, -0.2) is 4.39 Å². The van der Waals surface area contributed by atoms with E-state index < -0.39 is 0 Å². The van der Waals surface area contributed by atoms with Crippen LogP contribution in [0, 0.1) is 0 Å². The smallest absolute Gasteiger partial charge is 0.131 e. The maximum atomic E-state index is 14.4. The van der Waals surface area contributed by atoms with E-state index in [4.69, 9.17) is 0 Å². The maximum absolute atomic E-state index is 14.4. The molecule has 0 fully saturated rings. The first-order chi connectivity index (χ1) is 9.34. The highest BCUT2D eigenvalue weighted by molar-refractivity contribution is 6.08. The predicted octanol–water partition coefficient (Wildman–Crippen LogP) is 5.29. The Bertz CT molecular complexity index is 823. The lowest BCUT2D eigenvalue weighted by molar-refractivity contribution is 0.767. The summed E-state index contributed by atoms with van der Waals surface area (Å²) >= 11 is 0. The highest BCUT2D eigenvalue weighted by Crippen LogP contribution is 2.40. The molecule has 0 nitrogen and oxygen atoms in total. The van der Waals surface area contributed by atoms with Crippen LogP contribution in [0.3, 0.4) is 0 Å². The first-order valence-corrected chi connectivity index (χ1v) is 6.33. The van der Waals surface area contributed by atoms with Crippen LogP contribution in [-0.2, 0) is 0 Å². The fourth-order valence-corrected chi connectivity index (χ4v) is 2.85. The lowest BCUT2D eigenvalue weighted by Gasteiger charge is -2.09. The van der Waals surface area contributed by atoms with Gasteiger partial charge in [0.15, 0.2) is 0 Å². The molecule has 1 aliphatic rings. The number of halogens is 1. The molecule has 19 heavy (non-hydrogen) atoms. The van der Waals surface area contributed by atoms with Gasteiger partial charge in [0.2, 0.25) is 0 Å². The van der Waals surface area contributed by atoms with Crippen molar-refractivity contribution >= 4 is 22.7 Å². The Morgan fingerprint density at radius 1 is 0.632 bits per heavy atom. The minimum absolute atomic E-state index is 0.164. The Kier molecular flexibility index (Phi) is 2.10. The number of rotatable bonds is 0. The molecule has 0 amide bonds. The van der Waals surface area contributed by atoms with Crippen LogP contribution in [0.5, 0.6) is 0 Å². The highest BCUT2D eigenvalue weighted by atomic mass is 19.1. The van der Waals surface area contributed by atoms with E-state index in [1.807, 2.05) is 48.5 Å². The minimum atomic E-state index is -0.164. The quantitative estimate of drug-likeness (QED) is 0.505. The SMILES string of the molecule is FC1=Cc2ccccc2-c2cccc3cccc1c23. The Morgan fingerprint density at radius 2 is 1.32 bits per heavy atom. The van der Waals surface area contributed by atoms with Gasteiger partial charge in [0.25, 0.3) is 0 Å². The van der Waals surface area contributed by atoms with Crippen molar-refractivity contribution in [3.8, 4) is 11.1 Å². The van der Waals surface area contributed by atoms with Gasteiger partial charge in [-0.15, -0.1) is 0 Å². The van der Waals surface area contributed by atoms with Crippen molar-refractivity contribution in [2.24, 2.45) is 0 Å². The summed E-state index contributed by atoms with van der Waals surface area (Å²) in [6.07, 6.45) is 1.63. The third-order valence-electron chi connectivity index (χ3n) is 3.70. The van der Waals surface area contributed by atoms with Crippen LogP contribution in [0.2, 0.25) is 0 Å². The molecule has 0 aromatic heterocycles. The van der Waals surface area contributed by atoms with E-state index in [-0.39, 0.29) is 5.83 Å². The summed E-state index contributed by atoms with van der Waals surface area (Å²) in [5.41, 5.74) is 3.81. The van der Waals surface area contributed by atoms with Gasteiger partial charge in [-0.05, 0) is 33.5 Å². The standard InChI is InChI=1S/C18H11F/c19-17-11-13-5-1-2-8-14(13)15-9-3-6-12-7-4-10-16(17)18(12)15/h1-11H. The molecule has 3 aromatic rings. The van der Waals surface area contributed by atoms with E-state index in [1.165, 1.54) is 0 Å². The fraction of sp³-hybridized carbons (Fsp3) is 0. The molecule has 0 spiro atoms. The molecule has 0 N–H and O–H groups in total. The topological polar surface area (TPSA) is 0 Å². The highest BCUT2D eigenvalue weighted by Gasteiger charge is 2.16. The van der Waals surface area contributed by atoms with Crippen LogP contribution in [0.1, 0.15) is 11.1 Å². The Hall–Kier alpha value is -2.41. The fourth-order valence-electron chi connectivity index (χ4n) is 2.85. The van der Waals surface area contributed by atoms with Crippen LogP contribution in [0.25, 0.3) is 33.8 Å². The van der Waals surface area contributed by atoms with Gasteiger partial charge in [-0.2, -0.15) is 0 Å². The summed E-state index contributed by atoms with van der Waals surface area (Å²) in [5, 5.41) is 2.08. The average molecular weight is 246 g/mol. The molecule has 0 unspecified atom stereocenters. The van der Waals surface area contributed by atoms with E-state index in [0.29, 0.717) is 5.56 Å². The molecule has 4 rings (SSSR count). The Morgan fingerprint density at radius 3 is 2.16 bits per heavy atom. The number of benzene rings is 3. The van der Waals surface area contributed by atoms with Crippen molar-refractivity contribution in [1.29, 1.82) is 0 Å². The molecule has 0 saturated carbocycles. The van der Waals surface area contributed by atoms with Crippen molar-refractivity contribution in [3.63, 3.8) is 0 Å². The third-order valence-corrected chi connectivity index (χ3v) is 3.70. The minimum Gasteiger partial charge on any atom is -0.206 e. The van der Waals surface area contributed by atoms with Gasteiger partial charge in [0.1, 0.15) is 5.83 Å². The zero-order valence-electron chi connectivity index (χ0n) is 10.2. The summed E-state index contributed by atoms with van der Waals surface area (Å²) < 4.78 is 14.4. The van der Waals surface area contributed by atoms with Gasteiger partial charge in [-0.3, -0.25) is 0 Å². The van der Waals surface area contributed by atoms with Crippen LogP contribution in [0.15, 0.2) is 60.7 Å². The van der Waals surface area contributed by atoms with Crippen molar-refractivity contribution in [1.82, 2.24) is 0 Å². The molecule has 0 radical (unpaired) electrons. The molecular weight excluding hydrogens is 235 g/mol. The zero-order valence-corrected chi connectivity index (χ0v) is 10.2. The second kappa shape index (κ2) is 3.79. The van der Waals surface area contributed by atoms with E-state index in [0.717, 1.165) is 27.5 Å². The second-order valence-electron chi connectivity index (χ2n) is 4.79. The molecular formula is C18H11F. The molecule has 0 bridgehead atoms. The van der Waals surface area contributed by atoms with Gasteiger partial charge in [0.05, 0.1) is 0 Å². The number of fused-ring (bicyclic) bond motifs is 2. The summed E-state index contributed by atoms with van der Waals surface area (Å²) in [6.45, 7) is 0. The van der Waals surface area contributed by atoms with Crippen molar-refractivity contribution < 1.29 is 4.39 Å². The van der Waals surface area contributed by atoms with Gasteiger partial charge in [-0.1, -0.05) is 60.7 Å². The number of hydrogen-bond acceptors (Lipinski definition) is 0. The van der Waals surface area contributed by atoms with Crippen LogP contribution in [0.4, 0.5) is 4.39 Å². The normalized spacial score (nSPS) is 12.8. The summed E-state index contributed by atoms with van der Waals surface area (Å²) in [6, 6.07) is 19.9. The van der Waals surface area contributed by atoms with Gasteiger partial charge >= 0.3 is 0 Å². The first kappa shape index (κ1) is 10.5. The third kappa shape index (κ3) is 1.45. The van der Waals surface area contributed by atoms with Crippen LogP contribution < -0.4 is 0 Å². The molecule has 90 valence electrons. The van der Waals surface area contributed by atoms with E-state index >= 15 is 0 Å². The molecule has 0 heterocycles. The molecule has 0 atom stereocenters. The average Bonchev–Trinajstić information content (AvgIpc) is 2.57. The molecule has 3 aromatic carbocycles. The summed E-state index contributed by atoms with van der Waals surface area (Å²) in [7, 11) is 0. The Balaban J connectivity index is 2.27. The first-order valence-electron chi connectivity index (χ1n) is 6.33. The van der Waals surface area contributed by atoms with E-state index in [2.05, 4.69) is 12.1 Å². The van der Waals surface area contributed by atoms with E-state index in [9.17, 15) is 4.39 Å². The molecule has 0 saturated heterocycles. The van der Waals surface area contributed by atoms with Crippen molar-refractivity contribution in [3.05, 3.63) is 71.8 Å². The van der Waals surface area contributed by atoms with Crippen LogP contribution in [-0.4, -0.2) is 0 Å². The Labute approximate surface area is 110 Å². The molecule has 0 aliphatic heterocycles. The maximum Gasteiger partial charge on any atom is 0.131 e. The molecule has 1 heteroatoms. The van der Waals surface area contributed by atoms with Crippen molar-refractivity contribution in [2.75, 3.05) is 0 Å².